The summed E-state index contributed by atoms with van der Waals surface area (Å²) in [5.74, 6) is -0.0467. The lowest BCUT2D eigenvalue weighted by Gasteiger charge is -2.36. The fourth-order valence-electron chi connectivity index (χ4n) is 2.66. The molecular formula is C19H21NO3. The van der Waals surface area contributed by atoms with Gasteiger partial charge in [-0.2, -0.15) is 0 Å². The number of hydrogen-bond donors (Lipinski definition) is 1. The SMILES string of the molecule is Cc1ccc(COc2ccc(CN3CC(C(=O)O)C3)cc2)cc1. The van der Waals surface area contributed by atoms with Gasteiger partial charge in [-0.3, -0.25) is 9.69 Å². The van der Waals surface area contributed by atoms with Gasteiger partial charge in [0.2, 0.25) is 0 Å². The maximum absolute atomic E-state index is 10.8. The first kappa shape index (κ1) is 15.6. The third-order valence-corrected chi connectivity index (χ3v) is 4.16. The zero-order valence-electron chi connectivity index (χ0n) is 13.2. The second kappa shape index (κ2) is 6.84. The van der Waals surface area contributed by atoms with E-state index >= 15 is 0 Å². The van der Waals surface area contributed by atoms with Crippen LogP contribution < -0.4 is 4.74 Å². The normalized spacial score (nSPS) is 15.2. The molecule has 120 valence electrons. The highest BCUT2D eigenvalue weighted by atomic mass is 16.5. The molecule has 0 radical (unpaired) electrons. The molecule has 23 heavy (non-hydrogen) atoms. The lowest BCUT2D eigenvalue weighted by Crippen LogP contribution is -2.49. The zero-order chi connectivity index (χ0) is 16.2. The van der Waals surface area contributed by atoms with Gasteiger partial charge in [0, 0.05) is 19.6 Å². The van der Waals surface area contributed by atoms with Gasteiger partial charge in [0.05, 0.1) is 5.92 Å². The molecule has 0 unspecified atom stereocenters. The highest BCUT2D eigenvalue weighted by molar-refractivity contribution is 5.71. The molecule has 1 heterocycles. The third-order valence-electron chi connectivity index (χ3n) is 4.16. The van der Waals surface area contributed by atoms with Gasteiger partial charge in [-0.15, -0.1) is 0 Å². The van der Waals surface area contributed by atoms with Crippen molar-refractivity contribution in [1.29, 1.82) is 0 Å². The molecule has 0 bridgehead atoms. The second-order valence-electron chi connectivity index (χ2n) is 6.15. The summed E-state index contributed by atoms with van der Waals surface area (Å²) >= 11 is 0. The van der Waals surface area contributed by atoms with E-state index in [1.54, 1.807) is 0 Å². The monoisotopic (exact) mass is 311 g/mol. The van der Waals surface area contributed by atoms with E-state index in [0.29, 0.717) is 19.7 Å². The lowest BCUT2D eigenvalue weighted by atomic mass is 10.00. The molecular weight excluding hydrogens is 290 g/mol. The number of aliphatic carboxylic acids is 1. The fourth-order valence-corrected chi connectivity index (χ4v) is 2.66. The molecule has 3 rings (SSSR count). The predicted octanol–water partition coefficient (Wildman–Crippen LogP) is 3.09. The Morgan fingerprint density at radius 3 is 2.30 bits per heavy atom. The Balaban J connectivity index is 1.47. The number of rotatable bonds is 6. The molecule has 2 aromatic carbocycles. The van der Waals surface area contributed by atoms with Crippen LogP contribution in [0.1, 0.15) is 16.7 Å². The molecule has 1 N–H and O–H groups in total. The Labute approximate surface area is 136 Å². The molecule has 1 fully saturated rings. The highest BCUT2D eigenvalue weighted by Gasteiger charge is 2.31. The molecule has 0 atom stereocenters. The molecule has 0 aliphatic carbocycles. The van der Waals surface area contributed by atoms with Crippen molar-refractivity contribution in [3.05, 3.63) is 65.2 Å². The van der Waals surface area contributed by atoms with E-state index in [4.69, 9.17) is 9.84 Å². The Hall–Kier alpha value is -2.33. The zero-order valence-corrected chi connectivity index (χ0v) is 13.2. The van der Waals surface area contributed by atoms with Gasteiger partial charge in [0.25, 0.3) is 0 Å². The van der Waals surface area contributed by atoms with Gasteiger partial charge in [0.1, 0.15) is 12.4 Å². The van der Waals surface area contributed by atoms with Crippen LogP contribution in [0, 0.1) is 12.8 Å². The largest absolute Gasteiger partial charge is 0.489 e. The molecule has 0 saturated carbocycles. The number of benzene rings is 2. The van der Waals surface area contributed by atoms with Crippen LogP contribution in [0.5, 0.6) is 5.75 Å². The van der Waals surface area contributed by atoms with Crippen molar-refractivity contribution in [1.82, 2.24) is 4.90 Å². The minimum atomic E-state index is -0.693. The molecule has 1 saturated heterocycles. The number of hydrogen-bond acceptors (Lipinski definition) is 3. The van der Waals surface area contributed by atoms with Gasteiger partial charge in [-0.05, 0) is 30.2 Å². The van der Waals surface area contributed by atoms with Crippen molar-refractivity contribution >= 4 is 5.97 Å². The van der Waals surface area contributed by atoms with Crippen LogP contribution in [0.25, 0.3) is 0 Å². The maximum Gasteiger partial charge on any atom is 0.309 e. The number of likely N-dealkylation sites (tertiary alicyclic amines) is 1. The summed E-state index contributed by atoms with van der Waals surface area (Å²) in [4.78, 5) is 12.9. The number of nitrogens with zero attached hydrogens (tertiary/aromatic N) is 1. The van der Waals surface area contributed by atoms with Crippen molar-refractivity contribution in [3.8, 4) is 5.75 Å². The average Bonchev–Trinajstić information content (AvgIpc) is 2.51. The first-order valence-electron chi connectivity index (χ1n) is 7.82. The van der Waals surface area contributed by atoms with Crippen LogP contribution in [0.15, 0.2) is 48.5 Å². The molecule has 1 aliphatic heterocycles. The standard InChI is InChI=1S/C19H21NO3/c1-14-2-4-16(5-3-14)13-23-18-8-6-15(7-9-18)10-20-11-17(12-20)19(21)22/h2-9,17H,10-13H2,1H3,(H,21,22). The van der Waals surface area contributed by atoms with Crippen LogP contribution in [0.3, 0.4) is 0 Å². The van der Waals surface area contributed by atoms with Crippen molar-refractivity contribution in [2.24, 2.45) is 5.92 Å². The fraction of sp³-hybridized carbons (Fsp3) is 0.316. The summed E-state index contributed by atoms with van der Waals surface area (Å²) in [6, 6.07) is 16.3. The summed E-state index contributed by atoms with van der Waals surface area (Å²) in [7, 11) is 0. The molecule has 4 nitrogen and oxygen atoms in total. The molecule has 0 spiro atoms. The molecule has 0 amide bonds. The van der Waals surface area contributed by atoms with Crippen molar-refractivity contribution < 1.29 is 14.6 Å². The van der Waals surface area contributed by atoms with E-state index in [9.17, 15) is 4.79 Å². The molecule has 2 aromatic rings. The van der Waals surface area contributed by atoms with Gasteiger partial charge in [-0.1, -0.05) is 42.0 Å². The number of carbonyl (C=O) groups is 1. The number of aryl methyl sites for hydroxylation is 1. The van der Waals surface area contributed by atoms with E-state index in [1.165, 1.54) is 11.1 Å². The third kappa shape index (κ3) is 4.11. The summed E-state index contributed by atoms with van der Waals surface area (Å²) in [6.45, 7) is 4.70. The van der Waals surface area contributed by atoms with E-state index in [1.807, 2.05) is 24.3 Å². The molecule has 4 heteroatoms. The second-order valence-corrected chi connectivity index (χ2v) is 6.15. The first-order valence-corrected chi connectivity index (χ1v) is 7.82. The molecule has 0 aromatic heterocycles. The summed E-state index contributed by atoms with van der Waals surface area (Å²) in [5.41, 5.74) is 3.57. The Bertz CT molecular complexity index is 658. The Morgan fingerprint density at radius 2 is 1.70 bits per heavy atom. The van der Waals surface area contributed by atoms with E-state index in [2.05, 4.69) is 36.1 Å². The minimum Gasteiger partial charge on any atom is -0.489 e. The van der Waals surface area contributed by atoms with E-state index < -0.39 is 5.97 Å². The average molecular weight is 311 g/mol. The highest BCUT2D eigenvalue weighted by Crippen LogP contribution is 2.20. The van der Waals surface area contributed by atoms with Gasteiger partial charge in [-0.25, -0.2) is 0 Å². The van der Waals surface area contributed by atoms with Crippen molar-refractivity contribution in [3.63, 3.8) is 0 Å². The van der Waals surface area contributed by atoms with Crippen LogP contribution >= 0.6 is 0 Å². The van der Waals surface area contributed by atoms with Gasteiger partial charge < -0.3 is 9.84 Å². The van der Waals surface area contributed by atoms with Crippen LogP contribution in [0.2, 0.25) is 0 Å². The van der Waals surface area contributed by atoms with Gasteiger partial charge in [0.15, 0.2) is 0 Å². The first-order chi connectivity index (χ1) is 11.1. The Morgan fingerprint density at radius 1 is 1.09 bits per heavy atom. The number of carboxylic acids is 1. The van der Waals surface area contributed by atoms with Gasteiger partial charge >= 0.3 is 5.97 Å². The van der Waals surface area contributed by atoms with Crippen LogP contribution in [0.4, 0.5) is 0 Å². The van der Waals surface area contributed by atoms with Crippen molar-refractivity contribution in [2.75, 3.05) is 13.1 Å². The Kier molecular flexibility index (Phi) is 4.63. The lowest BCUT2D eigenvalue weighted by molar-refractivity contribution is -0.147. The summed E-state index contributed by atoms with van der Waals surface area (Å²) in [6.07, 6.45) is 0. The van der Waals surface area contributed by atoms with Crippen molar-refractivity contribution in [2.45, 2.75) is 20.1 Å². The number of carboxylic acid groups (broad SMARTS) is 1. The summed E-state index contributed by atoms with van der Waals surface area (Å²) in [5, 5.41) is 8.88. The molecule has 1 aliphatic rings. The topological polar surface area (TPSA) is 49.8 Å². The summed E-state index contributed by atoms with van der Waals surface area (Å²) < 4.78 is 5.79. The predicted molar refractivity (Wildman–Crippen MR) is 88.4 cm³/mol. The van der Waals surface area contributed by atoms with Crippen LogP contribution in [-0.4, -0.2) is 29.1 Å². The minimum absolute atomic E-state index is 0.202. The quantitative estimate of drug-likeness (QED) is 0.890. The number of ether oxygens (including phenoxy) is 1. The van der Waals surface area contributed by atoms with E-state index in [0.717, 1.165) is 17.9 Å². The van der Waals surface area contributed by atoms with E-state index in [-0.39, 0.29) is 5.92 Å². The maximum atomic E-state index is 10.8. The smallest absolute Gasteiger partial charge is 0.309 e. The van der Waals surface area contributed by atoms with Crippen LogP contribution in [-0.2, 0) is 17.9 Å².